The Kier molecular flexibility index (Phi) is 7.81. The molecule has 0 bridgehead atoms. The number of hydrogen-bond acceptors (Lipinski definition) is 5. The molecule has 0 saturated heterocycles. The average molecular weight is 489 g/mol. The highest BCUT2D eigenvalue weighted by atomic mass is 127. The number of nitrogens with one attached hydrogen (secondary N) is 2. The molecule has 26 heavy (non-hydrogen) atoms. The number of rotatable bonds is 5. The maximum atomic E-state index is 4.59. The topological polar surface area (TPSA) is 80.0 Å². The molecule has 2 aromatic heterocycles. The van der Waals surface area contributed by atoms with Crippen LogP contribution in [0.4, 0.5) is 0 Å². The number of fused-ring (bicyclic) bond motifs is 1. The molecule has 144 valence electrons. The number of nitrogens with zero attached hydrogens (tertiary/aromatic N) is 5. The monoisotopic (exact) mass is 489 g/mol. The third-order valence-corrected chi connectivity index (χ3v) is 5.44. The zero-order valence-electron chi connectivity index (χ0n) is 15.8. The van der Waals surface area contributed by atoms with Gasteiger partial charge in [-0.05, 0) is 12.8 Å². The van der Waals surface area contributed by atoms with Crippen molar-refractivity contribution in [3.05, 3.63) is 27.7 Å². The fraction of sp³-hybridized carbons (Fsp3) is 0.647. The van der Waals surface area contributed by atoms with E-state index >= 15 is 0 Å². The van der Waals surface area contributed by atoms with Gasteiger partial charge in [-0.3, -0.25) is 4.99 Å². The lowest BCUT2D eigenvalue weighted by molar-refractivity contribution is 0.407. The fourth-order valence-corrected chi connectivity index (χ4v) is 3.79. The van der Waals surface area contributed by atoms with E-state index in [1.54, 1.807) is 18.4 Å². The number of aryl methyl sites for hydroxylation is 2. The standard InChI is InChI=1S/C17H27N7S.HI/c1-5-15-20-13(10-25-15)8-19-17(18-4)21-12-6-7-14-22-23-16(11(2)3)24(14)9-12;/h10-12H,5-9H2,1-4H3,(H2,18,19,21);1H. The van der Waals surface area contributed by atoms with Crippen LogP contribution in [0.5, 0.6) is 0 Å². The first-order valence-corrected chi connectivity index (χ1v) is 9.81. The van der Waals surface area contributed by atoms with Gasteiger partial charge in [-0.15, -0.1) is 45.5 Å². The van der Waals surface area contributed by atoms with Crippen LogP contribution < -0.4 is 10.6 Å². The van der Waals surface area contributed by atoms with Crippen LogP contribution in [0.25, 0.3) is 0 Å². The van der Waals surface area contributed by atoms with E-state index in [0.29, 0.717) is 18.5 Å². The second-order valence-electron chi connectivity index (χ2n) is 6.63. The molecule has 9 heteroatoms. The number of thiazole rings is 1. The van der Waals surface area contributed by atoms with Gasteiger partial charge in [0, 0.05) is 37.4 Å². The molecule has 1 aliphatic rings. The largest absolute Gasteiger partial charge is 0.352 e. The molecular formula is C17H28IN7S. The van der Waals surface area contributed by atoms with Crippen LogP contribution in [-0.4, -0.2) is 38.8 Å². The van der Waals surface area contributed by atoms with Gasteiger partial charge < -0.3 is 15.2 Å². The maximum absolute atomic E-state index is 4.59. The Morgan fingerprint density at radius 2 is 2.23 bits per heavy atom. The van der Waals surface area contributed by atoms with Gasteiger partial charge in [-0.1, -0.05) is 20.8 Å². The molecule has 0 aliphatic carbocycles. The average Bonchev–Trinajstić information content (AvgIpc) is 3.24. The van der Waals surface area contributed by atoms with Crippen molar-refractivity contribution in [1.29, 1.82) is 0 Å². The van der Waals surface area contributed by atoms with Gasteiger partial charge in [0.15, 0.2) is 5.96 Å². The predicted molar refractivity (Wildman–Crippen MR) is 116 cm³/mol. The van der Waals surface area contributed by atoms with E-state index in [2.05, 4.69) is 61.5 Å². The Morgan fingerprint density at radius 1 is 1.42 bits per heavy atom. The van der Waals surface area contributed by atoms with Crippen molar-refractivity contribution in [2.24, 2.45) is 4.99 Å². The van der Waals surface area contributed by atoms with Gasteiger partial charge in [-0.25, -0.2) is 4.98 Å². The third-order valence-electron chi connectivity index (χ3n) is 4.39. The molecule has 0 radical (unpaired) electrons. The summed E-state index contributed by atoms with van der Waals surface area (Å²) in [5.41, 5.74) is 1.07. The summed E-state index contributed by atoms with van der Waals surface area (Å²) < 4.78 is 2.26. The Labute approximate surface area is 176 Å². The highest BCUT2D eigenvalue weighted by Crippen LogP contribution is 2.20. The number of halogens is 1. The van der Waals surface area contributed by atoms with Crippen LogP contribution in [-0.2, 0) is 25.9 Å². The van der Waals surface area contributed by atoms with Crippen LogP contribution in [0.1, 0.15) is 55.5 Å². The molecule has 3 rings (SSSR count). The summed E-state index contributed by atoms with van der Waals surface area (Å²) in [5, 5.41) is 18.9. The summed E-state index contributed by atoms with van der Waals surface area (Å²) in [4.78, 5) is 8.94. The van der Waals surface area contributed by atoms with Gasteiger partial charge in [0.1, 0.15) is 11.6 Å². The van der Waals surface area contributed by atoms with E-state index in [0.717, 1.165) is 49.1 Å². The number of guanidine groups is 1. The lowest BCUT2D eigenvalue weighted by atomic mass is 10.1. The molecule has 0 amide bonds. The highest BCUT2D eigenvalue weighted by Gasteiger charge is 2.24. The number of aliphatic imine (C=N–C) groups is 1. The molecule has 1 aliphatic heterocycles. The summed E-state index contributed by atoms with van der Waals surface area (Å²) in [6, 6.07) is 0.328. The molecule has 0 saturated carbocycles. The molecule has 3 heterocycles. The van der Waals surface area contributed by atoms with Crippen molar-refractivity contribution in [2.75, 3.05) is 7.05 Å². The van der Waals surface area contributed by atoms with Crippen LogP contribution >= 0.6 is 35.3 Å². The molecule has 1 unspecified atom stereocenters. The first-order valence-electron chi connectivity index (χ1n) is 8.93. The Morgan fingerprint density at radius 3 is 2.88 bits per heavy atom. The van der Waals surface area contributed by atoms with E-state index in [-0.39, 0.29) is 24.0 Å². The normalized spacial score (nSPS) is 17.0. The quantitative estimate of drug-likeness (QED) is 0.384. The summed E-state index contributed by atoms with van der Waals surface area (Å²) in [7, 11) is 1.81. The SMILES string of the molecule is CCc1nc(CNC(=NC)NC2CCc3nnc(C(C)C)n3C2)cs1.I. The van der Waals surface area contributed by atoms with Gasteiger partial charge in [0.2, 0.25) is 0 Å². The summed E-state index contributed by atoms with van der Waals surface area (Å²) in [6.07, 6.45) is 2.97. The first kappa shape index (κ1) is 21.1. The van der Waals surface area contributed by atoms with E-state index in [4.69, 9.17) is 0 Å². The summed E-state index contributed by atoms with van der Waals surface area (Å²) in [6.45, 7) is 8.02. The van der Waals surface area contributed by atoms with E-state index in [9.17, 15) is 0 Å². The van der Waals surface area contributed by atoms with Crippen molar-refractivity contribution < 1.29 is 0 Å². The van der Waals surface area contributed by atoms with Crippen LogP contribution in [0.2, 0.25) is 0 Å². The second kappa shape index (κ2) is 9.63. The molecule has 0 aromatic carbocycles. The first-order chi connectivity index (χ1) is 12.1. The van der Waals surface area contributed by atoms with Gasteiger partial charge in [-0.2, -0.15) is 0 Å². The predicted octanol–water partition coefficient (Wildman–Crippen LogP) is 2.72. The smallest absolute Gasteiger partial charge is 0.191 e. The molecule has 2 aromatic rings. The molecule has 1 atom stereocenters. The van der Waals surface area contributed by atoms with E-state index in [1.165, 1.54) is 5.01 Å². The van der Waals surface area contributed by atoms with Crippen molar-refractivity contribution in [3.8, 4) is 0 Å². The zero-order valence-corrected chi connectivity index (χ0v) is 19.0. The number of aromatic nitrogens is 4. The minimum Gasteiger partial charge on any atom is -0.352 e. The highest BCUT2D eigenvalue weighted by molar-refractivity contribution is 14.0. The third kappa shape index (κ3) is 4.93. The zero-order chi connectivity index (χ0) is 17.8. The Balaban J connectivity index is 0.00000243. The van der Waals surface area contributed by atoms with Crippen LogP contribution in [0, 0.1) is 0 Å². The molecule has 0 spiro atoms. The molecular weight excluding hydrogens is 461 g/mol. The minimum absolute atomic E-state index is 0. The van der Waals surface area contributed by atoms with Crippen LogP contribution in [0.15, 0.2) is 10.4 Å². The van der Waals surface area contributed by atoms with Crippen molar-refractivity contribution in [1.82, 2.24) is 30.4 Å². The number of hydrogen-bond donors (Lipinski definition) is 2. The van der Waals surface area contributed by atoms with Gasteiger partial charge >= 0.3 is 0 Å². The van der Waals surface area contributed by atoms with Gasteiger partial charge in [0.25, 0.3) is 0 Å². The van der Waals surface area contributed by atoms with Crippen molar-refractivity contribution in [3.63, 3.8) is 0 Å². The van der Waals surface area contributed by atoms with Gasteiger partial charge in [0.05, 0.1) is 17.2 Å². The van der Waals surface area contributed by atoms with Crippen molar-refractivity contribution >= 4 is 41.3 Å². The summed E-state index contributed by atoms with van der Waals surface area (Å²) in [5.74, 6) is 3.37. The minimum atomic E-state index is 0. The molecule has 2 N–H and O–H groups in total. The lowest BCUT2D eigenvalue weighted by Gasteiger charge is -2.27. The molecule has 0 fully saturated rings. The lowest BCUT2D eigenvalue weighted by Crippen LogP contribution is -2.46. The van der Waals surface area contributed by atoms with Crippen molar-refractivity contribution in [2.45, 2.75) is 65.1 Å². The van der Waals surface area contributed by atoms with Crippen LogP contribution in [0.3, 0.4) is 0 Å². The van der Waals surface area contributed by atoms with E-state index < -0.39 is 0 Å². The maximum Gasteiger partial charge on any atom is 0.191 e. The van der Waals surface area contributed by atoms with E-state index in [1.807, 2.05) is 0 Å². The Bertz CT molecular complexity index is 737. The second-order valence-corrected chi connectivity index (χ2v) is 7.57. The summed E-state index contributed by atoms with van der Waals surface area (Å²) >= 11 is 1.71. The molecule has 7 nitrogen and oxygen atoms in total. The fourth-order valence-electron chi connectivity index (χ4n) is 3.05. The Hall–Kier alpha value is -1.23.